The molecule has 0 spiro atoms. The Hall–Kier alpha value is -1.29. The van der Waals surface area contributed by atoms with Crippen molar-refractivity contribution in [3.05, 3.63) is 47.8 Å². The predicted octanol–water partition coefficient (Wildman–Crippen LogP) is 3.72. The van der Waals surface area contributed by atoms with Crippen LogP contribution in [0.25, 0.3) is 0 Å². The number of hydrogen-bond donors (Lipinski definition) is 1. The Morgan fingerprint density at radius 1 is 1.29 bits per heavy atom. The van der Waals surface area contributed by atoms with Crippen LogP contribution in [-0.2, 0) is 0 Å². The molecule has 1 atom stereocenters. The third-order valence-corrected chi connectivity index (χ3v) is 2.44. The van der Waals surface area contributed by atoms with Crippen molar-refractivity contribution in [2.45, 2.75) is 25.8 Å². The van der Waals surface area contributed by atoms with Crippen molar-refractivity contribution < 1.29 is 13.2 Å². The first-order chi connectivity index (χ1) is 8.10. The lowest BCUT2D eigenvalue weighted by Gasteiger charge is -2.18. The Morgan fingerprint density at radius 3 is 2.35 bits per heavy atom. The van der Waals surface area contributed by atoms with Crippen molar-refractivity contribution in [2.24, 2.45) is 0 Å². The number of halogens is 3. The fourth-order valence-electron chi connectivity index (χ4n) is 1.67. The molecule has 0 heterocycles. The minimum atomic E-state index is -0.906. The maximum atomic E-state index is 13.6. The maximum absolute atomic E-state index is 13.6. The molecular weight excluding hydrogens is 227 g/mol. The van der Waals surface area contributed by atoms with Gasteiger partial charge in [-0.1, -0.05) is 13.0 Å². The molecule has 1 nitrogen and oxygen atoms in total. The van der Waals surface area contributed by atoms with Gasteiger partial charge in [0, 0.05) is 23.7 Å². The third kappa shape index (κ3) is 3.60. The molecule has 0 aliphatic heterocycles. The van der Waals surface area contributed by atoms with Crippen molar-refractivity contribution >= 4 is 0 Å². The van der Waals surface area contributed by atoms with E-state index < -0.39 is 23.5 Å². The maximum Gasteiger partial charge on any atom is 0.133 e. The average molecular weight is 243 g/mol. The Labute approximate surface area is 99.3 Å². The molecule has 1 aromatic carbocycles. The van der Waals surface area contributed by atoms with Gasteiger partial charge >= 0.3 is 0 Å². The summed E-state index contributed by atoms with van der Waals surface area (Å²) in [6, 6.07) is 0.887. The van der Waals surface area contributed by atoms with E-state index in [-0.39, 0.29) is 5.56 Å². The summed E-state index contributed by atoms with van der Waals surface area (Å²) in [5.74, 6) is -2.63. The van der Waals surface area contributed by atoms with Crippen LogP contribution in [0.3, 0.4) is 0 Å². The van der Waals surface area contributed by atoms with E-state index in [1.54, 1.807) is 6.08 Å². The van der Waals surface area contributed by atoms with Crippen LogP contribution in [0.5, 0.6) is 0 Å². The molecule has 1 N–H and O–H groups in total. The van der Waals surface area contributed by atoms with Crippen LogP contribution >= 0.6 is 0 Å². The summed E-state index contributed by atoms with van der Waals surface area (Å²) >= 11 is 0. The quantitative estimate of drug-likeness (QED) is 0.751. The number of benzene rings is 1. The molecule has 94 valence electrons. The second-order valence-corrected chi connectivity index (χ2v) is 3.81. The first-order valence-electron chi connectivity index (χ1n) is 5.58. The van der Waals surface area contributed by atoms with Crippen molar-refractivity contribution in [3.63, 3.8) is 0 Å². The summed E-state index contributed by atoms with van der Waals surface area (Å²) in [7, 11) is 0. The van der Waals surface area contributed by atoms with E-state index in [1.807, 2.05) is 6.92 Å². The predicted molar refractivity (Wildman–Crippen MR) is 62.2 cm³/mol. The smallest absolute Gasteiger partial charge is 0.133 e. The van der Waals surface area contributed by atoms with Gasteiger partial charge < -0.3 is 5.32 Å². The summed E-state index contributed by atoms with van der Waals surface area (Å²) in [6.07, 6.45) is 2.81. The van der Waals surface area contributed by atoms with Gasteiger partial charge in [0.15, 0.2) is 0 Å². The molecule has 0 aliphatic rings. The van der Waals surface area contributed by atoms with Crippen LogP contribution in [0, 0.1) is 17.5 Å². The minimum absolute atomic E-state index is 0.125. The van der Waals surface area contributed by atoms with Crippen LogP contribution in [-0.4, -0.2) is 6.54 Å². The second kappa shape index (κ2) is 6.45. The highest BCUT2D eigenvalue weighted by Gasteiger charge is 2.19. The van der Waals surface area contributed by atoms with Gasteiger partial charge in [0.2, 0.25) is 0 Å². The van der Waals surface area contributed by atoms with Crippen molar-refractivity contribution in [3.8, 4) is 0 Å². The highest BCUT2D eigenvalue weighted by atomic mass is 19.1. The molecule has 0 radical (unpaired) electrons. The van der Waals surface area contributed by atoms with Crippen molar-refractivity contribution in [2.75, 3.05) is 6.54 Å². The highest BCUT2D eigenvalue weighted by Crippen LogP contribution is 2.24. The van der Waals surface area contributed by atoms with Gasteiger partial charge in [-0.05, 0) is 19.4 Å². The topological polar surface area (TPSA) is 12.0 Å². The zero-order valence-corrected chi connectivity index (χ0v) is 9.77. The number of hydrogen-bond acceptors (Lipinski definition) is 1. The Kier molecular flexibility index (Phi) is 5.22. The van der Waals surface area contributed by atoms with Crippen LogP contribution in [0.15, 0.2) is 24.8 Å². The van der Waals surface area contributed by atoms with E-state index in [0.29, 0.717) is 25.1 Å². The minimum Gasteiger partial charge on any atom is -0.309 e. The Bertz CT molecular complexity index is 367. The largest absolute Gasteiger partial charge is 0.309 e. The molecule has 0 aliphatic carbocycles. The first-order valence-corrected chi connectivity index (χ1v) is 5.58. The molecule has 0 fully saturated rings. The molecule has 17 heavy (non-hydrogen) atoms. The first kappa shape index (κ1) is 13.8. The van der Waals surface area contributed by atoms with Crippen LogP contribution in [0.4, 0.5) is 13.2 Å². The average Bonchev–Trinajstić information content (AvgIpc) is 2.24. The summed E-state index contributed by atoms with van der Waals surface area (Å²) in [6.45, 7) is 6.14. The van der Waals surface area contributed by atoms with Crippen LogP contribution < -0.4 is 5.32 Å². The SMILES string of the molecule is C=CCC(NCCC)c1c(F)cc(F)cc1F. The molecule has 1 unspecified atom stereocenters. The van der Waals surface area contributed by atoms with E-state index >= 15 is 0 Å². The molecule has 0 aromatic heterocycles. The molecular formula is C13H16F3N. The Balaban J connectivity index is 3.04. The lowest BCUT2D eigenvalue weighted by Crippen LogP contribution is -2.23. The van der Waals surface area contributed by atoms with Gasteiger partial charge in [0.1, 0.15) is 17.5 Å². The van der Waals surface area contributed by atoms with Crippen LogP contribution in [0.2, 0.25) is 0 Å². The Morgan fingerprint density at radius 2 is 1.88 bits per heavy atom. The van der Waals surface area contributed by atoms with Gasteiger partial charge in [-0.15, -0.1) is 6.58 Å². The molecule has 1 aromatic rings. The monoisotopic (exact) mass is 243 g/mol. The number of rotatable bonds is 6. The molecule has 4 heteroatoms. The molecule has 1 rings (SSSR count). The highest BCUT2D eigenvalue weighted by molar-refractivity contribution is 5.24. The third-order valence-electron chi connectivity index (χ3n) is 2.44. The lowest BCUT2D eigenvalue weighted by molar-refractivity contribution is 0.459. The summed E-state index contributed by atoms with van der Waals surface area (Å²) < 4.78 is 39.9. The zero-order valence-electron chi connectivity index (χ0n) is 9.77. The zero-order chi connectivity index (χ0) is 12.8. The van der Waals surface area contributed by atoms with E-state index in [0.717, 1.165) is 6.42 Å². The fourth-order valence-corrected chi connectivity index (χ4v) is 1.67. The van der Waals surface area contributed by atoms with E-state index in [4.69, 9.17) is 0 Å². The van der Waals surface area contributed by atoms with Gasteiger partial charge in [0.25, 0.3) is 0 Å². The summed E-state index contributed by atoms with van der Waals surface area (Å²) in [4.78, 5) is 0. The van der Waals surface area contributed by atoms with Gasteiger partial charge in [-0.2, -0.15) is 0 Å². The standard InChI is InChI=1S/C13H16F3N/c1-3-5-12(17-6-4-2)13-10(15)7-9(14)8-11(13)16/h3,7-8,12,17H,1,4-6H2,2H3. The lowest BCUT2D eigenvalue weighted by atomic mass is 10.0. The van der Waals surface area contributed by atoms with E-state index in [9.17, 15) is 13.2 Å². The number of nitrogens with one attached hydrogen (secondary N) is 1. The van der Waals surface area contributed by atoms with Crippen molar-refractivity contribution in [1.82, 2.24) is 5.32 Å². The summed E-state index contributed by atoms with van der Waals surface area (Å²) in [5, 5.41) is 3.01. The van der Waals surface area contributed by atoms with Crippen LogP contribution in [0.1, 0.15) is 31.4 Å². The molecule has 0 bridgehead atoms. The second-order valence-electron chi connectivity index (χ2n) is 3.81. The van der Waals surface area contributed by atoms with E-state index in [1.165, 1.54) is 0 Å². The fraction of sp³-hybridized carbons (Fsp3) is 0.385. The van der Waals surface area contributed by atoms with E-state index in [2.05, 4.69) is 11.9 Å². The molecule has 0 saturated carbocycles. The van der Waals surface area contributed by atoms with Gasteiger partial charge in [-0.3, -0.25) is 0 Å². The normalized spacial score (nSPS) is 12.5. The van der Waals surface area contributed by atoms with Crippen molar-refractivity contribution in [1.29, 1.82) is 0 Å². The molecule has 0 saturated heterocycles. The summed E-state index contributed by atoms with van der Waals surface area (Å²) in [5.41, 5.74) is -0.125. The van der Waals surface area contributed by atoms with Gasteiger partial charge in [0.05, 0.1) is 0 Å². The molecule has 0 amide bonds. The van der Waals surface area contributed by atoms with Gasteiger partial charge in [-0.25, -0.2) is 13.2 Å².